The smallest absolute Gasteiger partial charge is 0.280 e. The molecule has 1 aliphatic heterocycles. The summed E-state index contributed by atoms with van der Waals surface area (Å²) in [5.74, 6) is 0.574. The average molecular weight is 397 g/mol. The maximum Gasteiger partial charge on any atom is 0.280 e. The van der Waals surface area contributed by atoms with Gasteiger partial charge in [-0.25, -0.2) is 0 Å². The van der Waals surface area contributed by atoms with Crippen molar-refractivity contribution in [2.24, 2.45) is 5.10 Å². The van der Waals surface area contributed by atoms with Gasteiger partial charge in [-0.3, -0.25) is 4.79 Å². The Bertz CT molecular complexity index is 891. The first-order chi connectivity index (χ1) is 13.6. The van der Waals surface area contributed by atoms with Crippen LogP contribution in [0.5, 0.6) is 5.75 Å². The lowest BCUT2D eigenvalue weighted by Crippen LogP contribution is -2.21. The van der Waals surface area contributed by atoms with Gasteiger partial charge in [0.2, 0.25) is 0 Å². The zero-order valence-electron chi connectivity index (χ0n) is 16.3. The van der Waals surface area contributed by atoms with Gasteiger partial charge in [-0.15, -0.1) is 0 Å². The van der Waals surface area contributed by atoms with E-state index in [0.29, 0.717) is 22.9 Å². The van der Waals surface area contributed by atoms with Crippen LogP contribution in [0.1, 0.15) is 45.1 Å². The van der Waals surface area contributed by atoms with Crippen LogP contribution in [-0.4, -0.2) is 18.2 Å². The Hall–Kier alpha value is -2.59. The number of anilines is 1. The fourth-order valence-corrected chi connectivity index (χ4v) is 3.24. The van der Waals surface area contributed by atoms with Gasteiger partial charge in [0.1, 0.15) is 5.75 Å². The number of hydrazone groups is 1. The summed E-state index contributed by atoms with van der Waals surface area (Å²) in [7, 11) is 0. The van der Waals surface area contributed by atoms with E-state index in [-0.39, 0.29) is 5.91 Å². The van der Waals surface area contributed by atoms with Gasteiger partial charge in [0, 0.05) is 10.6 Å². The molecule has 4 nitrogen and oxygen atoms in total. The van der Waals surface area contributed by atoms with E-state index in [4.69, 9.17) is 16.3 Å². The van der Waals surface area contributed by atoms with Crippen LogP contribution in [-0.2, 0) is 4.79 Å². The fourth-order valence-electron chi connectivity index (χ4n) is 3.06. The maximum atomic E-state index is 12.9. The third-order valence-electron chi connectivity index (χ3n) is 4.59. The van der Waals surface area contributed by atoms with Crippen molar-refractivity contribution in [3.8, 4) is 5.75 Å². The highest BCUT2D eigenvalue weighted by Gasteiger charge is 2.28. The van der Waals surface area contributed by atoms with E-state index in [0.717, 1.165) is 29.8 Å². The number of benzene rings is 2. The standard InChI is InChI=1S/C23H25ClN2O2/c1-3-4-5-9-14-28-22-13-12-19(24)15-18(22)16-21-17(2)25-26(23(21)27)20-10-7-6-8-11-20/h6-8,10-13,15-16H,3-5,9,14H2,1-2H3/b21-16-. The summed E-state index contributed by atoms with van der Waals surface area (Å²) >= 11 is 6.19. The minimum absolute atomic E-state index is 0.155. The van der Waals surface area contributed by atoms with Crippen molar-refractivity contribution in [1.82, 2.24) is 0 Å². The maximum absolute atomic E-state index is 12.9. The first kappa shape index (κ1) is 20.2. The molecule has 0 fully saturated rings. The molecule has 2 aromatic rings. The molecule has 1 amide bonds. The summed E-state index contributed by atoms with van der Waals surface area (Å²) < 4.78 is 5.96. The summed E-state index contributed by atoms with van der Waals surface area (Å²) in [6.07, 6.45) is 6.37. The summed E-state index contributed by atoms with van der Waals surface area (Å²) in [6.45, 7) is 4.67. The Morgan fingerprint density at radius 3 is 2.64 bits per heavy atom. The number of amides is 1. The minimum atomic E-state index is -0.155. The lowest BCUT2D eigenvalue weighted by molar-refractivity contribution is -0.114. The van der Waals surface area contributed by atoms with Gasteiger partial charge in [0.15, 0.2) is 0 Å². The predicted octanol–water partition coefficient (Wildman–Crippen LogP) is 6.11. The van der Waals surface area contributed by atoms with Crippen molar-refractivity contribution in [2.75, 3.05) is 11.6 Å². The highest BCUT2D eigenvalue weighted by molar-refractivity contribution is 6.33. The molecule has 0 atom stereocenters. The zero-order chi connectivity index (χ0) is 19.9. The van der Waals surface area contributed by atoms with E-state index < -0.39 is 0 Å². The van der Waals surface area contributed by atoms with Crippen LogP contribution in [0.2, 0.25) is 5.02 Å². The molecule has 0 N–H and O–H groups in total. The van der Waals surface area contributed by atoms with Crippen molar-refractivity contribution in [3.05, 3.63) is 64.7 Å². The van der Waals surface area contributed by atoms with E-state index in [1.165, 1.54) is 17.9 Å². The van der Waals surface area contributed by atoms with Crippen molar-refractivity contribution in [1.29, 1.82) is 0 Å². The molecule has 0 bridgehead atoms. The molecule has 0 saturated heterocycles. The molecule has 28 heavy (non-hydrogen) atoms. The molecule has 0 spiro atoms. The van der Waals surface area contributed by atoms with Crippen molar-refractivity contribution >= 4 is 35.0 Å². The SMILES string of the molecule is CCCCCCOc1ccc(Cl)cc1/C=C1\C(=O)N(c2ccccc2)N=C1C. The normalized spacial score (nSPS) is 15.2. The topological polar surface area (TPSA) is 41.9 Å². The first-order valence-electron chi connectivity index (χ1n) is 9.69. The van der Waals surface area contributed by atoms with E-state index >= 15 is 0 Å². The number of halogens is 1. The molecule has 1 aliphatic rings. The highest BCUT2D eigenvalue weighted by Crippen LogP contribution is 2.29. The molecule has 146 valence electrons. The molecule has 0 aliphatic carbocycles. The lowest BCUT2D eigenvalue weighted by Gasteiger charge is -2.12. The van der Waals surface area contributed by atoms with Crippen LogP contribution in [0.4, 0.5) is 5.69 Å². The van der Waals surface area contributed by atoms with Crippen LogP contribution in [0.3, 0.4) is 0 Å². The number of carbonyl (C=O) groups is 1. The monoisotopic (exact) mass is 396 g/mol. The highest BCUT2D eigenvalue weighted by atomic mass is 35.5. The molecule has 0 radical (unpaired) electrons. The van der Waals surface area contributed by atoms with Gasteiger partial charge in [0.05, 0.1) is 23.6 Å². The summed E-state index contributed by atoms with van der Waals surface area (Å²) in [6, 6.07) is 14.9. The van der Waals surface area contributed by atoms with Crippen molar-refractivity contribution in [2.45, 2.75) is 39.5 Å². The number of hydrogen-bond donors (Lipinski definition) is 0. The second kappa shape index (κ2) is 9.56. The van der Waals surface area contributed by atoms with Gasteiger partial charge in [-0.05, 0) is 49.8 Å². The van der Waals surface area contributed by atoms with E-state index in [1.807, 2.05) is 55.5 Å². The number of rotatable bonds is 8. The summed E-state index contributed by atoms with van der Waals surface area (Å²) in [5.41, 5.74) is 2.74. The van der Waals surface area contributed by atoms with Crippen LogP contribution in [0.15, 0.2) is 59.2 Å². The molecule has 0 aromatic heterocycles. The predicted molar refractivity (Wildman–Crippen MR) is 116 cm³/mol. The Kier molecular flexibility index (Phi) is 6.88. The van der Waals surface area contributed by atoms with Gasteiger partial charge < -0.3 is 4.74 Å². The van der Waals surface area contributed by atoms with E-state index in [2.05, 4.69) is 12.0 Å². The van der Waals surface area contributed by atoms with Gasteiger partial charge in [-0.2, -0.15) is 10.1 Å². The third-order valence-corrected chi connectivity index (χ3v) is 4.83. The van der Waals surface area contributed by atoms with Crippen LogP contribution in [0, 0.1) is 0 Å². The number of unbranched alkanes of at least 4 members (excludes halogenated alkanes) is 3. The van der Waals surface area contributed by atoms with Crippen molar-refractivity contribution in [3.63, 3.8) is 0 Å². The molecule has 5 heteroatoms. The van der Waals surface area contributed by atoms with Crippen LogP contribution < -0.4 is 9.75 Å². The zero-order valence-corrected chi connectivity index (χ0v) is 17.1. The Labute approximate surface area is 171 Å². The lowest BCUT2D eigenvalue weighted by atomic mass is 10.1. The Morgan fingerprint density at radius 1 is 1.11 bits per heavy atom. The number of carbonyl (C=O) groups excluding carboxylic acids is 1. The first-order valence-corrected chi connectivity index (χ1v) is 10.1. The second-order valence-electron chi connectivity index (χ2n) is 6.79. The molecular formula is C23H25ClN2O2. The Balaban J connectivity index is 1.81. The summed E-state index contributed by atoms with van der Waals surface area (Å²) in [5, 5.41) is 6.45. The van der Waals surface area contributed by atoms with E-state index in [9.17, 15) is 4.79 Å². The number of nitrogens with zero attached hydrogens (tertiary/aromatic N) is 2. The second-order valence-corrected chi connectivity index (χ2v) is 7.22. The molecular weight excluding hydrogens is 372 g/mol. The quantitative estimate of drug-likeness (QED) is 0.399. The van der Waals surface area contributed by atoms with Crippen LogP contribution in [0.25, 0.3) is 6.08 Å². The molecule has 1 heterocycles. The molecule has 0 unspecified atom stereocenters. The van der Waals surface area contributed by atoms with Gasteiger partial charge in [-0.1, -0.05) is 56.0 Å². The Morgan fingerprint density at radius 2 is 1.89 bits per heavy atom. The van der Waals surface area contributed by atoms with E-state index in [1.54, 1.807) is 6.07 Å². The minimum Gasteiger partial charge on any atom is -0.493 e. The third kappa shape index (κ3) is 4.82. The molecule has 0 saturated carbocycles. The summed E-state index contributed by atoms with van der Waals surface area (Å²) in [4.78, 5) is 12.9. The van der Waals surface area contributed by atoms with Crippen LogP contribution >= 0.6 is 11.6 Å². The average Bonchev–Trinajstić information content (AvgIpc) is 2.98. The number of para-hydroxylation sites is 1. The molecule has 3 rings (SSSR count). The number of ether oxygens (including phenoxy) is 1. The fraction of sp³-hybridized carbons (Fsp3) is 0.304. The number of hydrogen-bond acceptors (Lipinski definition) is 3. The van der Waals surface area contributed by atoms with Gasteiger partial charge in [0.25, 0.3) is 5.91 Å². The molecule has 2 aromatic carbocycles. The largest absolute Gasteiger partial charge is 0.493 e. The van der Waals surface area contributed by atoms with Gasteiger partial charge >= 0.3 is 0 Å². The van der Waals surface area contributed by atoms with Crippen molar-refractivity contribution < 1.29 is 9.53 Å².